The van der Waals surface area contributed by atoms with E-state index in [1.54, 1.807) is 26.0 Å². The van der Waals surface area contributed by atoms with Crippen molar-refractivity contribution >= 4 is 5.71 Å². The molecule has 2 rings (SSSR count). The zero-order valence-corrected chi connectivity index (χ0v) is 13.7. The van der Waals surface area contributed by atoms with Gasteiger partial charge in [0.1, 0.15) is 0 Å². The minimum atomic E-state index is 0.365. The van der Waals surface area contributed by atoms with E-state index >= 15 is 0 Å². The molecule has 0 saturated carbocycles. The lowest BCUT2D eigenvalue weighted by atomic mass is 10.1. The van der Waals surface area contributed by atoms with Crippen LogP contribution in [0.5, 0.6) is 0 Å². The highest BCUT2D eigenvalue weighted by atomic mass is 16.5. The predicted octanol–water partition coefficient (Wildman–Crippen LogP) is 4.00. The van der Waals surface area contributed by atoms with Crippen LogP contribution in [0.15, 0.2) is 53.7 Å². The number of hydrogen-bond donors (Lipinski definition) is 1. The molecule has 24 heavy (non-hydrogen) atoms. The summed E-state index contributed by atoms with van der Waals surface area (Å²) in [4.78, 5) is 0. The zero-order valence-electron chi connectivity index (χ0n) is 13.7. The standard InChI is InChI=1S/C16H12N2O.C3H7NO/c17-9-13-5-1-3-7-15(13)11-19-12-16-8-4-2-6-14(16)10-18;1-3(2)4-5/h1-8H,11-12H2;5H,1-2H3. The molecule has 0 aliphatic carbocycles. The molecule has 0 heterocycles. The Morgan fingerprint density at radius 2 is 1.29 bits per heavy atom. The van der Waals surface area contributed by atoms with E-state index in [4.69, 9.17) is 20.5 Å². The molecule has 122 valence electrons. The first kappa shape index (κ1) is 18.9. The fourth-order valence-electron chi connectivity index (χ4n) is 1.78. The Balaban J connectivity index is 0.000000505. The number of ether oxygens (including phenoxy) is 1. The van der Waals surface area contributed by atoms with Gasteiger partial charge < -0.3 is 9.94 Å². The number of oxime groups is 1. The van der Waals surface area contributed by atoms with Crippen LogP contribution in [-0.4, -0.2) is 10.9 Å². The zero-order chi connectivity index (χ0) is 17.8. The number of nitrogens with zero attached hydrogens (tertiary/aromatic N) is 3. The van der Waals surface area contributed by atoms with Crippen LogP contribution in [0.2, 0.25) is 0 Å². The van der Waals surface area contributed by atoms with Gasteiger partial charge in [0.2, 0.25) is 0 Å². The molecule has 1 N–H and O–H groups in total. The van der Waals surface area contributed by atoms with Crippen molar-refractivity contribution in [3.05, 3.63) is 70.8 Å². The van der Waals surface area contributed by atoms with Crippen LogP contribution in [0.3, 0.4) is 0 Å². The average Bonchev–Trinajstić information content (AvgIpc) is 2.63. The van der Waals surface area contributed by atoms with Gasteiger partial charge in [0.25, 0.3) is 0 Å². The Morgan fingerprint density at radius 1 is 0.917 bits per heavy atom. The first-order valence-electron chi connectivity index (χ1n) is 7.31. The topological polar surface area (TPSA) is 89.4 Å². The van der Waals surface area contributed by atoms with Crippen molar-refractivity contribution in [2.45, 2.75) is 27.1 Å². The van der Waals surface area contributed by atoms with Crippen molar-refractivity contribution in [1.29, 1.82) is 10.5 Å². The molecule has 0 aliphatic heterocycles. The summed E-state index contributed by atoms with van der Waals surface area (Å²) in [6.45, 7) is 4.17. The van der Waals surface area contributed by atoms with Crippen LogP contribution in [0.25, 0.3) is 0 Å². The molecule has 5 nitrogen and oxygen atoms in total. The summed E-state index contributed by atoms with van der Waals surface area (Å²) >= 11 is 0. The van der Waals surface area contributed by atoms with Crippen LogP contribution in [0, 0.1) is 22.7 Å². The summed E-state index contributed by atoms with van der Waals surface area (Å²) in [6, 6.07) is 18.9. The van der Waals surface area contributed by atoms with Crippen LogP contribution in [-0.2, 0) is 18.0 Å². The third-order valence-corrected chi connectivity index (χ3v) is 2.99. The van der Waals surface area contributed by atoms with Crippen molar-refractivity contribution < 1.29 is 9.94 Å². The monoisotopic (exact) mass is 321 g/mol. The van der Waals surface area contributed by atoms with E-state index in [0.717, 1.165) is 11.1 Å². The van der Waals surface area contributed by atoms with Crippen LogP contribution < -0.4 is 0 Å². The summed E-state index contributed by atoms with van der Waals surface area (Å²) in [5, 5.41) is 28.5. The number of benzene rings is 2. The van der Waals surface area contributed by atoms with Gasteiger partial charge in [0.15, 0.2) is 0 Å². The molecule has 0 unspecified atom stereocenters. The molecule has 0 aliphatic rings. The van der Waals surface area contributed by atoms with Crippen molar-refractivity contribution in [2.75, 3.05) is 0 Å². The highest BCUT2D eigenvalue weighted by molar-refractivity contribution is 5.78. The molecule has 0 spiro atoms. The molecule has 0 radical (unpaired) electrons. The number of rotatable bonds is 4. The maximum atomic E-state index is 8.97. The Bertz CT molecular complexity index is 709. The van der Waals surface area contributed by atoms with Gasteiger partial charge in [-0.1, -0.05) is 41.6 Å². The van der Waals surface area contributed by atoms with E-state index in [9.17, 15) is 0 Å². The second-order valence-corrected chi connectivity index (χ2v) is 5.08. The minimum absolute atomic E-state index is 0.365. The molecule has 2 aromatic carbocycles. The second-order valence-electron chi connectivity index (χ2n) is 5.08. The van der Waals surface area contributed by atoms with E-state index in [0.29, 0.717) is 30.1 Å². The molecule has 0 amide bonds. The van der Waals surface area contributed by atoms with Gasteiger partial charge in [-0.25, -0.2) is 0 Å². The molecule has 0 fully saturated rings. The van der Waals surface area contributed by atoms with Crippen molar-refractivity contribution in [3.8, 4) is 12.1 Å². The van der Waals surface area contributed by atoms with Gasteiger partial charge in [0.05, 0.1) is 42.2 Å². The smallest absolute Gasteiger partial charge is 0.0995 e. The van der Waals surface area contributed by atoms with E-state index in [-0.39, 0.29) is 0 Å². The van der Waals surface area contributed by atoms with Gasteiger partial charge in [-0.3, -0.25) is 0 Å². The lowest BCUT2D eigenvalue weighted by molar-refractivity contribution is 0.107. The Labute approximate surface area is 142 Å². The average molecular weight is 321 g/mol. The van der Waals surface area contributed by atoms with Crippen molar-refractivity contribution in [3.63, 3.8) is 0 Å². The summed E-state index contributed by atoms with van der Waals surface area (Å²) < 4.78 is 5.59. The molecule has 0 aromatic heterocycles. The van der Waals surface area contributed by atoms with Gasteiger partial charge >= 0.3 is 0 Å². The fraction of sp³-hybridized carbons (Fsp3) is 0.211. The molecular weight excluding hydrogens is 302 g/mol. The summed E-state index contributed by atoms with van der Waals surface area (Å²) in [5.41, 5.74) is 3.65. The second kappa shape index (κ2) is 10.6. The number of hydrogen-bond acceptors (Lipinski definition) is 5. The van der Waals surface area contributed by atoms with Gasteiger partial charge in [-0.15, -0.1) is 0 Å². The Hall–Kier alpha value is -3.15. The molecule has 5 heteroatoms. The largest absolute Gasteiger partial charge is 0.411 e. The lowest BCUT2D eigenvalue weighted by Gasteiger charge is -2.07. The molecule has 0 saturated heterocycles. The van der Waals surface area contributed by atoms with Crippen LogP contribution in [0.1, 0.15) is 36.1 Å². The summed E-state index contributed by atoms with van der Waals surface area (Å²) in [7, 11) is 0. The predicted molar refractivity (Wildman–Crippen MR) is 91.4 cm³/mol. The molecular formula is C19H19N3O2. The maximum absolute atomic E-state index is 8.97. The van der Waals surface area contributed by atoms with Gasteiger partial charge in [-0.05, 0) is 37.1 Å². The van der Waals surface area contributed by atoms with Crippen LogP contribution >= 0.6 is 0 Å². The SMILES string of the molecule is CC(C)=NO.N#Cc1ccccc1COCc1ccccc1C#N. The Kier molecular flexibility index (Phi) is 8.31. The normalized spacial score (nSPS) is 9.00. The minimum Gasteiger partial charge on any atom is -0.411 e. The lowest BCUT2D eigenvalue weighted by Crippen LogP contribution is -1.98. The van der Waals surface area contributed by atoms with Gasteiger partial charge in [-0.2, -0.15) is 10.5 Å². The van der Waals surface area contributed by atoms with Gasteiger partial charge in [0, 0.05) is 0 Å². The number of nitriles is 2. The first-order chi connectivity index (χ1) is 11.6. The van der Waals surface area contributed by atoms with Crippen molar-refractivity contribution in [2.24, 2.45) is 5.16 Å². The highest BCUT2D eigenvalue weighted by Gasteiger charge is 2.03. The quantitative estimate of drug-likeness (QED) is 0.523. The summed E-state index contributed by atoms with van der Waals surface area (Å²) in [6.07, 6.45) is 0. The van der Waals surface area contributed by atoms with Crippen molar-refractivity contribution in [1.82, 2.24) is 0 Å². The third-order valence-electron chi connectivity index (χ3n) is 2.99. The molecule has 0 bridgehead atoms. The Morgan fingerprint density at radius 3 is 1.62 bits per heavy atom. The first-order valence-corrected chi connectivity index (χ1v) is 7.31. The molecule has 0 atom stereocenters. The van der Waals surface area contributed by atoms with E-state index in [1.165, 1.54) is 0 Å². The van der Waals surface area contributed by atoms with E-state index in [1.807, 2.05) is 36.4 Å². The fourth-order valence-corrected chi connectivity index (χ4v) is 1.78. The van der Waals surface area contributed by atoms with E-state index < -0.39 is 0 Å². The van der Waals surface area contributed by atoms with E-state index in [2.05, 4.69) is 17.3 Å². The maximum Gasteiger partial charge on any atom is 0.0995 e. The highest BCUT2D eigenvalue weighted by Crippen LogP contribution is 2.12. The van der Waals surface area contributed by atoms with Crippen LogP contribution in [0.4, 0.5) is 0 Å². The molecule has 2 aromatic rings. The third kappa shape index (κ3) is 6.31. The summed E-state index contributed by atoms with van der Waals surface area (Å²) in [5.74, 6) is 0.